The molecule has 2 nitrogen and oxygen atoms in total. The van der Waals surface area contributed by atoms with Crippen molar-refractivity contribution >= 4 is 5.97 Å². The van der Waals surface area contributed by atoms with E-state index in [-0.39, 0.29) is 17.5 Å². The summed E-state index contributed by atoms with van der Waals surface area (Å²) in [5.41, 5.74) is 2.04. The second-order valence-corrected chi connectivity index (χ2v) is 5.18. The van der Waals surface area contributed by atoms with E-state index < -0.39 is 0 Å². The Balaban J connectivity index is 2.40. The molecule has 1 unspecified atom stereocenters. The molecule has 0 saturated carbocycles. The lowest BCUT2D eigenvalue weighted by Gasteiger charge is -2.27. The molecule has 2 rings (SSSR count). The molecular formula is C16H22O2. The number of ether oxygens (including phenoxy) is 1. The number of hydrogen-bond donors (Lipinski definition) is 0. The third kappa shape index (κ3) is 2.16. The van der Waals surface area contributed by atoms with Crippen LogP contribution in [0.25, 0.3) is 0 Å². The Morgan fingerprint density at radius 1 is 1.28 bits per heavy atom. The highest BCUT2D eigenvalue weighted by molar-refractivity contribution is 5.96. The maximum atomic E-state index is 11.8. The average Bonchev–Trinajstić information content (AvgIpc) is 2.66. The monoisotopic (exact) mass is 246 g/mol. The number of hydrogen-bond acceptors (Lipinski definition) is 2. The first-order chi connectivity index (χ1) is 8.65. The van der Waals surface area contributed by atoms with Crippen LogP contribution in [0.2, 0.25) is 0 Å². The molecule has 1 aliphatic heterocycles. The Morgan fingerprint density at radius 2 is 2.00 bits per heavy atom. The number of cyclic esters (lactones) is 1. The molecule has 2 aliphatic rings. The summed E-state index contributed by atoms with van der Waals surface area (Å²) in [4.78, 5) is 11.8. The van der Waals surface area contributed by atoms with Gasteiger partial charge >= 0.3 is 5.97 Å². The summed E-state index contributed by atoms with van der Waals surface area (Å²) in [6.07, 6.45) is 12.5. The van der Waals surface area contributed by atoms with Gasteiger partial charge in [0.25, 0.3) is 0 Å². The van der Waals surface area contributed by atoms with Gasteiger partial charge in [-0.05, 0) is 31.1 Å². The van der Waals surface area contributed by atoms with E-state index in [0.29, 0.717) is 0 Å². The van der Waals surface area contributed by atoms with Crippen LogP contribution in [0.3, 0.4) is 0 Å². The molecule has 98 valence electrons. The lowest BCUT2D eigenvalue weighted by molar-refractivity contribution is -0.139. The van der Waals surface area contributed by atoms with Gasteiger partial charge in [-0.1, -0.05) is 45.1 Å². The maximum Gasteiger partial charge on any atom is 0.339 e. The Labute approximate surface area is 109 Å². The normalized spacial score (nSPS) is 29.3. The molecule has 1 heterocycles. The molecule has 0 aromatic carbocycles. The second kappa shape index (κ2) is 5.13. The van der Waals surface area contributed by atoms with Gasteiger partial charge in [-0.25, -0.2) is 4.79 Å². The van der Waals surface area contributed by atoms with E-state index in [9.17, 15) is 4.79 Å². The molecule has 0 radical (unpaired) electrons. The van der Waals surface area contributed by atoms with Crippen molar-refractivity contribution in [2.45, 2.75) is 52.6 Å². The Bertz CT molecular complexity index is 422. The summed E-state index contributed by atoms with van der Waals surface area (Å²) in [6, 6.07) is 0. The quantitative estimate of drug-likeness (QED) is 0.705. The minimum atomic E-state index is -0.168. The molecular weight excluding hydrogens is 224 g/mol. The summed E-state index contributed by atoms with van der Waals surface area (Å²) in [5, 5.41) is 0. The van der Waals surface area contributed by atoms with Gasteiger partial charge in [0.15, 0.2) is 0 Å². The molecule has 0 amide bonds. The minimum absolute atomic E-state index is 0.0575. The van der Waals surface area contributed by atoms with E-state index in [1.807, 2.05) is 6.08 Å². The van der Waals surface area contributed by atoms with Crippen LogP contribution in [0.1, 0.15) is 46.5 Å². The summed E-state index contributed by atoms with van der Waals surface area (Å²) in [6.45, 7) is 6.51. The van der Waals surface area contributed by atoms with Crippen molar-refractivity contribution in [2.24, 2.45) is 5.41 Å². The van der Waals surface area contributed by atoms with Crippen LogP contribution in [0.5, 0.6) is 0 Å². The molecule has 1 aliphatic carbocycles. The molecule has 0 bridgehead atoms. The fourth-order valence-electron chi connectivity index (χ4n) is 2.73. The smallest absolute Gasteiger partial charge is 0.339 e. The van der Waals surface area contributed by atoms with Crippen molar-refractivity contribution in [2.75, 3.05) is 0 Å². The first-order valence-electron chi connectivity index (χ1n) is 6.96. The fourth-order valence-corrected chi connectivity index (χ4v) is 2.73. The molecule has 0 saturated heterocycles. The van der Waals surface area contributed by atoms with E-state index in [1.54, 1.807) is 0 Å². The van der Waals surface area contributed by atoms with Crippen LogP contribution in [-0.4, -0.2) is 12.1 Å². The first kappa shape index (κ1) is 13.1. The zero-order valence-corrected chi connectivity index (χ0v) is 11.5. The SMILES string of the molecule is CCC1OC(=O)C2=C1/C=C\C(CC)(CC)C/C=C\2. The zero-order valence-electron chi connectivity index (χ0n) is 11.5. The van der Waals surface area contributed by atoms with Crippen LogP contribution < -0.4 is 0 Å². The fraction of sp³-hybridized carbons (Fsp3) is 0.562. The van der Waals surface area contributed by atoms with E-state index in [1.165, 1.54) is 0 Å². The zero-order chi connectivity index (χ0) is 13.2. The van der Waals surface area contributed by atoms with Gasteiger partial charge in [0, 0.05) is 5.57 Å². The molecule has 0 N–H and O–H groups in total. The van der Waals surface area contributed by atoms with Crippen LogP contribution in [0.4, 0.5) is 0 Å². The van der Waals surface area contributed by atoms with E-state index in [0.717, 1.165) is 36.8 Å². The second-order valence-electron chi connectivity index (χ2n) is 5.18. The lowest BCUT2D eigenvalue weighted by atomic mass is 9.77. The molecule has 1 atom stereocenters. The highest BCUT2D eigenvalue weighted by atomic mass is 16.5. The van der Waals surface area contributed by atoms with E-state index >= 15 is 0 Å². The predicted molar refractivity (Wildman–Crippen MR) is 73.1 cm³/mol. The summed E-state index contributed by atoms with van der Waals surface area (Å²) in [7, 11) is 0. The number of carbonyl (C=O) groups is 1. The number of allylic oxidation sites excluding steroid dienone is 2. The van der Waals surface area contributed by atoms with Gasteiger partial charge in [-0.3, -0.25) is 0 Å². The Morgan fingerprint density at radius 3 is 2.61 bits per heavy atom. The molecule has 18 heavy (non-hydrogen) atoms. The van der Waals surface area contributed by atoms with Crippen LogP contribution in [0, 0.1) is 5.41 Å². The van der Waals surface area contributed by atoms with Gasteiger partial charge in [-0.2, -0.15) is 0 Å². The number of esters is 1. The highest BCUT2D eigenvalue weighted by Gasteiger charge is 2.32. The number of rotatable bonds is 3. The standard InChI is InChI=1S/C16H22O2/c1-4-14-12-9-11-16(5-2,6-3)10-7-8-13(12)15(17)18-14/h7-9,11,14H,4-6,10H2,1-3H3/b8-7-,11-9-. The van der Waals surface area contributed by atoms with Gasteiger partial charge in [-0.15, -0.1) is 0 Å². The largest absolute Gasteiger partial charge is 0.454 e. The third-order valence-corrected chi connectivity index (χ3v) is 4.33. The lowest BCUT2D eigenvalue weighted by Crippen LogP contribution is -2.16. The van der Waals surface area contributed by atoms with Crippen molar-refractivity contribution in [3.05, 3.63) is 35.5 Å². The molecule has 0 aromatic rings. The van der Waals surface area contributed by atoms with E-state index in [4.69, 9.17) is 4.74 Å². The Hall–Kier alpha value is -1.31. The van der Waals surface area contributed by atoms with E-state index in [2.05, 4.69) is 39.0 Å². The minimum Gasteiger partial charge on any atom is -0.454 e. The van der Waals surface area contributed by atoms with Gasteiger partial charge < -0.3 is 4.74 Å². The van der Waals surface area contributed by atoms with Gasteiger partial charge in [0.1, 0.15) is 6.10 Å². The van der Waals surface area contributed by atoms with Crippen molar-refractivity contribution < 1.29 is 9.53 Å². The molecule has 0 fully saturated rings. The average molecular weight is 246 g/mol. The third-order valence-electron chi connectivity index (χ3n) is 4.33. The van der Waals surface area contributed by atoms with Crippen LogP contribution in [-0.2, 0) is 9.53 Å². The van der Waals surface area contributed by atoms with Crippen LogP contribution in [0.15, 0.2) is 35.5 Å². The van der Waals surface area contributed by atoms with Crippen molar-refractivity contribution in [1.82, 2.24) is 0 Å². The van der Waals surface area contributed by atoms with Gasteiger partial charge in [0.2, 0.25) is 0 Å². The first-order valence-corrected chi connectivity index (χ1v) is 6.96. The molecule has 0 spiro atoms. The number of carbonyl (C=O) groups excluding carboxylic acids is 1. The van der Waals surface area contributed by atoms with Gasteiger partial charge in [0.05, 0.1) is 5.57 Å². The maximum absolute atomic E-state index is 11.8. The topological polar surface area (TPSA) is 26.3 Å². The summed E-state index contributed by atoms with van der Waals surface area (Å²) < 4.78 is 5.39. The van der Waals surface area contributed by atoms with Crippen molar-refractivity contribution in [3.8, 4) is 0 Å². The highest BCUT2D eigenvalue weighted by Crippen LogP contribution is 2.37. The van der Waals surface area contributed by atoms with Crippen LogP contribution >= 0.6 is 0 Å². The molecule has 2 heteroatoms. The van der Waals surface area contributed by atoms with Crippen molar-refractivity contribution in [1.29, 1.82) is 0 Å². The summed E-state index contributed by atoms with van der Waals surface area (Å²) in [5.74, 6) is -0.168. The molecule has 0 aromatic heterocycles. The predicted octanol–water partition coefficient (Wildman–Crippen LogP) is 3.94. The summed E-state index contributed by atoms with van der Waals surface area (Å²) >= 11 is 0. The van der Waals surface area contributed by atoms with Crippen molar-refractivity contribution in [3.63, 3.8) is 0 Å². The Kier molecular flexibility index (Phi) is 3.74.